The topological polar surface area (TPSA) is 85.3 Å². The molecule has 1 unspecified atom stereocenters. The summed E-state index contributed by atoms with van der Waals surface area (Å²) in [6, 6.07) is 6.16. The van der Waals surface area contributed by atoms with Crippen LogP contribution in [0.3, 0.4) is 0 Å². The maximum atomic E-state index is 12.7. The van der Waals surface area contributed by atoms with Crippen LogP contribution in [0.1, 0.15) is 5.56 Å². The van der Waals surface area contributed by atoms with E-state index in [2.05, 4.69) is 6.58 Å². The first kappa shape index (κ1) is 15.8. The molecule has 1 rings (SSSR count). The van der Waals surface area contributed by atoms with Crippen LogP contribution in [0.4, 0.5) is 4.39 Å². The summed E-state index contributed by atoms with van der Waals surface area (Å²) in [5.41, 5.74) is 6.16. The summed E-state index contributed by atoms with van der Waals surface area (Å²) >= 11 is 0. The average Bonchev–Trinajstić information content (AvgIpc) is 2.46. The van der Waals surface area contributed by atoms with E-state index in [9.17, 15) is 9.18 Å². The van der Waals surface area contributed by atoms with Gasteiger partial charge in [-0.2, -0.15) is 5.26 Å². The highest BCUT2D eigenvalue weighted by Crippen LogP contribution is 2.08. The lowest BCUT2D eigenvalue weighted by Gasteiger charge is -2.18. The summed E-state index contributed by atoms with van der Waals surface area (Å²) in [6.45, 7) is 3.43. The van der Waals surface area contributed by atoms with E-state index >= 15 is 0 Å². The molecule has 2 atom stereocenters. The summed E-state index contributed by atoms with van der Waals surface area (Å²) in [5, 5.41) is 8.78. The van der Waals surface area contributed by atoms with Gasteiger partial charge in [0.15, 0.2) is 6.10 Å². The third-order valence-electron chi connectivity index (χ3n) is 2.39. The van der Waals surface area contributed by atoms with Crippen LogP contribution in [0.5, 0.6) is 0 Å². The third kappa shape index (κ3) is 4.80. The molecule has 0 aliphatic heterocycles. The smallest absolute Gasteiger partial charge is 0.338 e. The quantitative estimate of drug-likeness (QED) is 0.600. The number of nitriles is 1. The Kier molecular flexibility index (Phi) is 6.37. The molecule has 0 amide bonds. The highest BCUT2D eigenvalue weighted by Gasteiger charge is 2.28. The average molecular weight is 278 g/mol. The fraction of sp³-hybridized carbons (Fsp3) is 0.286. The number of carbonyl (C=O) groups excluding carboxylic acids is 1. The lowest BCUT2D eigenvalue weighted by molar-refractivity contribution is -0.157. The molecule has 5 nitrogen and oxygen atoms in total. The molecule has 0 saturated carbocycles. The molecule has 0 radical (unpaired) electrons. The second-order valence-electron chi connectivity index (χ2n) is 3.93. The third-order valence-corrected chi connectivity index (χ3v) is 2.39. The van der Waals surface area contributed by atoms with Crippen molar-refractivity contribution < 1.29 is 18.7 Å². The Labute approximate surface area is 116 Å². The Bertz CT molecular complexity index is 496. The molecule has 0 aliphatic carbocycles. The first-order valence-electron chi connectivity index (χ1n) is 5.87. The van der Waals surface area contributed by atoms with Crippen molar-refractivity contribution in [1.29, 1.82) is 5.26 Å². The number of nitrogens with two attached hydrogens (primary N) is 1. The Hall–Kier alpha value is -2.23. The number of benzene rings is 1. The van der Waals surface area contributed by atoms with Gasteiger partial charge in [-0.05, 0) is 17.7 Å². The van der Waals surface area contributed by atoms with Crippen molar-refractivity contribution in [3.63, 3.8) is 0 Å². The minimum atomic E-state index is -1.20. The molecule has 0 fully saturated rings. The standard InChI is InChI=1S/C14H15FN2O3/c1-2-7-19-14(18)13(12(17)8-16)20-9-10-3-5-11(15)6-4-10/h2-6,12-13H,1,7,9,17H2/t12?,13-/m0/s1. The number of hydrogen-bond acceptors (Lipinski definition) is 5. The number of halogens is 1. The number of carbonyl (C=O) groups is 1. The van der Waals surface area contributed by atoms with Crippen molar-refractivity contribution >= 4 is 5.97 Å². The normalized spacial score (nSPS) is 13.1. The maximum absolute atomic E-state index is 12.7. The van der Waals surface area contributed by atoms with Gasteiger partial charge in [0, 0.05) is 0 Å². The van der Waals surface area contributed by atoms with Gasteiger partial charge in [-0.25, -0.2) is 9.18 Å². The van der Waals surface area contributed by atoms with Crippen LogP contribution < -0.4 is 5.73 Å². The number of hydrogen-bond donors (Lipinski definition) is 1. The molecule has 0 saturated heterocycles. The molecule has 1 aromatic rings. The monoisotopic (exact) mass is 278 g/mol. The molecule has 20 heavy (non-hydrogen) atoms. The van der Waals surface area contributed by atoms with E-state index in [0.717, 1.165) is 0 Å². The van der Waals surface area contributed by atoms with Crippen molar-refractivity contribution in [2.24, 2.45) is 5.73 Å². The number of esters is 1. The van der Waals surface area contributed by atoms with E-state index in [-0.39, 0.29) is 19.0 Å². The van der Waals surface area contributed by atoms with E-state index in [0.29, 0.717) is 5.56 Å². The summed E-state index contributed by atoms with van der Waals surface area (Å²) in [6.07, 6.45) is 0.192. The summed E-state index contributed by atoms with van der Waals surface area (Å²) in [7, 11) is 0. The minimum absolute atomic E-state index is 0.00733. The Morgan fingerprint density at radius 2 is 2.15 bits per heavy atom. The van der Waals surface area contributed by atoms with Gasteiger partial charge in [0.05, 0.1) is 12.7 Å². The van der Waals surface area contributed by atoms with Crippen LogP contribution in [-0.4, -0.2) is 24.7 Å². The van der Waals surface area contributed by atoms with Gasteiger partial charge in [0.1, 0.15) is 18.5 Å². The van der Waals surface area contributed by atoms with Gasteiger partial charge in [-0.1, -0.05) is 24.8 Å². The lowest BCUT2D eigenvalue weighted by Crippen LogP contribution is -2.42. The van der Waals surface area contributed by atoms with Crippen LogP contribution in [0.25, 0.3) is 0 Å². The summed E-state index contributed by atoms with van der Waals surface area (Å²) < 4.78 is 22.9. The number of ether oxygens (including phenoxy) is 2. The SMILES string of the molecule is C=CCOC(=O)[C@@H](OCc1ccc(F)cc1)C(N)C#N. The van der Waals surface area contributed by atoms with E-state index in [1.54, 1.807) is 6.07 Å². The highest BCUT2D eigenvalue weighted by molar-refractivity contribution is 5.76. The van der Waals surface area contributed by atoms with E-state index in [1.165, 1.54) is 30.3 Å². The molecule has 0 aliphatic rings. The maximum Gasteiger partial charge on any atom is 0.338 e. The predicted molar refractivity (Wildman–Crippen MR) is 69.7 cm³/mol. The van der Waals surface area contributed by atoms with Gasteiger partial charge in [-0.15, -0.1) is 0 Å². The van der Waals surface area contributed by atoms with Crippen LogP contribution in [0.15, 0.2) is 36.9 Å². The van der Waals surface area contributed by atoms with Crippen LogP contribution >= 0.6 is 0 Å². The predicted octanol–water partition coefficient (Wildman–Crippen LogP) is 1.29. The zero-order valence-electron chi connectivity index (χ0n) is 10.8. The molecule has 6 heteroatoms. The van der Waals surface area contributed by atoms with Crippen molar-refractivity contribution in [1.82, 2.24) is 0 Å². The molecular formula is C14H15FN2O3. The van der Waals surface area contributed by atoms with Crippen LogP contribution in [0.2, 0.25) is 0 Å². The second kappa shape index (κ2) is 8.04. The fourth-order valence-electron chi connectivity index (χ4n) is 1.38. The molecule has 2 N–H and O–H groups in total. The first-order valence-corrected chi connectivity index (χ1v) is 5.87. The number of rotatable bonds is 7. The largest absolute Gasteiger partial charge is 0.459 e. The molecular weight excluding hydrogens is 263 g/mol. The lowest BCUT2D eigenvalue weighted by atomic mass is 10.2. The minimum Gasteiger partial charge on any atom is -0.459 e. The van der Waals surface area contributed by atoms with Gasteiger partial charge in [0.2, 0.25) is 0 Å². The van der Waals surface area contributed by atoms with Crippen LogP contribution in [-0.2, 0) is 20.9 Å². The number of nitrogens with zero attached hydrogens (tertiary/aromatic N) is 1. The van der Waals surface area contributed by atoms with Gasteiger partial charge in [0.25, 0.3) is 0 Å². The van der Waals surface area contributed by atoms with Crippen molar-refractivity contribution in [2.75, 3.05) is 6.61 Å². The molecule has 0 aromatic heterocycles. The first-order chi connectivity index (χ1) is 9.58. The fourth-order valence-corrected chi connectivity index (χ4v) is 1.38. The van der Waals surface area contributed by atoms with Crippen LogP contribution in [0, 0.1) is 17.1 Å². The highest BCUT2D eigenvalue weighted by atomic mass is 19.1. The van der Waals surface area contributed by atoms with Gasteiger partial charge >= 0.3 is 5.97 Å². The zero-order valence-corrected chi connectivity index (χ0v) is 10.8. The Balaban J connectivity index is 2.65. The van der Waals surface area contributed by atoms with Crippen molar-refractivity contribution in [3.05, 3.63) is 48.3 Å². The Morgan fingerprint density at radius 3 is 2.70 bits per heavy atom. The zero-order chi connectivity index (χ0) is 15.0. The second-order valence-corrected chi connectivity index (χ2v) is 3.93. The summed E-state index contributed by atoms with van der Waals surface area (Å²) in [4.78, 5) is 11.7. The van der Waals surface area contributed by atoms with E-state index < -0.39 is 18.1 Å². The Morgan fingerprint density at radius 1 is 1.50 bits per heavy atom. The van der Waals surface area contributed by atoms with Gasteiger partial charge in [-0.3, -0.25) is 0 Å². The molecule has 0 bridgehead atoms. The molecule has 0 heterocycles. The molecule has 0 spiro atoms. The van der Waals surface area contributed by atoms with E-state index in [1.807, 2.05) is 0 Å². The van der Waals surface area contributed by atoms with E-state index in [4.69, 9.17) is 20.5 Å². The van der Waals surface area contributed by atoms with Crippen molar-refractivity contribution in [3.8, 4) is 6.07 Å². The molecule has 1 aromatic carbocycles. The van der Waals surface area contributed by atoms with Crippen molar-refractivity contribution in [2.45, 2.75) is 18.8 Å². The summed E-state index contributed by atoms with van der Waals surface area (Å²) in [5.74, 6) is -1.11. The molecule has 106 valence electrons. The van der Waals surface area contributed by atoms with Gasteiger partial charge < -0.3 is 15.2 Å².